The molecule has 0 aliphatic heterocycles. The maximum Gasteiger partial charge on any atom is 0.124 e. The van der Waals surface area contributed by atoms with Crippen LogP contribution in [0.1, 0.15) is 92.9 Å². The molecule has 4 nitrogen and oxygen atoms in total. The zero-order valence-corrected chi connectivity index (χ0v) is 22.1. The standard InChI is InChI=1S/C30H46O4/c1-7-30(33,8-2)15-9-17-34-27(3,4)25-13-12-23-22-11-10-20-18-21(31)19-26(32)29(20,6)24(22)14-16-28(23,25)5/h9-11,13,17,21,23-24,26,31-33H,7-8,12,14-16,18-19H2,1-6H3/b17-9-/t21-,23+,24+,26+,28+,29+/m1/s1. The zero-order chi connectivity index (χ0) is 24.9. The molecule has 0 aromatic rings. The van der Waals surface area contributed by atoms with Gasteiger partial charge >= 0.3 is 0 Å². The SMILES string of the molecule is CCC(O)(CC)C/C=C\OC(C)(C)C1=CC[C@H]2C3=CC=C4C[C@@H](O)C[C@H](O)[C@]4(C)[C@H]3CC[C@]12C. The van der Waals surface area contributed by atoms with Gasteiger partial charge in [-0.2, -0.15) is 0 Å². The summed E-state index contributed by atoms with van der Waals surface area (Å²) in [7, 11) is 0. The fraction of sp³-hybridized carbons (Fsp3) is 0.733. The maximum absolute atomic E-state index is 11.1. The first kappa shape index (κ1) is 25.7. The first-order valence-electron chi connectivity index (χ1n) is 13.4. The van der Waals surface area contributed by atoms with Crippen molar-refractivity contribution in [1.29, 1.82) is 0 Å². The van der Waals surface area contributed by atoms with E-state index in [1.54, 1.807) is 6.26 Å². The molecule has 4 aliphatic carbocycles. The van der Waals surface area contributed by atoms with Crippen LogP contribution in [-0.4, -0.2) is 38.7 Å². The first-order chi connectivity index (χ1) is 15.9. The van der Waals surface area contributed by atoms with E-state index in [2.05, 4.69) is 45.9 Å². The van der Waals surface area contributed by atoms with Gasteiger partial charge in [0.1, 0.15) is 5.60 Å². The summed E-state index contributed by atoms with van der Waals surface area (Å²) in [6.45, 7) is 13.0. The summed E-state index contributed by atoms with van der Waals surface area (Å²) in [5, 5.41) is 31.9. The minimum atomic E-state index is -0.651. The maximum atomic E-state index is 11.1. The van der Waals surface area contributed by atoms with Crippen LogP contribution in [-0.2, 0) is 4.74 Å². The lowest BCUT2D eigenvalue weighted by atomic mass is 9.49. The van der Waals surface area contributed by atoms with E-state index in [9.17, 15) is 15.3 Å². The Kier molecular flexibility index (Phi) is 6.76. The van der Waals surface area contributed by atoms with Gasteiger partial charge < -0.3 is 20.1 Å². The minimum absolute atomic E-state index is 0.0358. The van der Waals surface area contributed by atoms with Crippen molar-refractivity contribution < 1.29 is 20.1 Å². The fourth-order valence-electron chi connectivity index (χ4n) is 7.66. The Balaban J connectivity index is 1.53. The van der Waals surface area contributed by atoms with Gasteiger partial charge in [-0.1, -0.05) is 57.1 Å². The zero-order valence-electron chi connectivity index (χ0n) is 22.1. The van der Waals surface area contributed by atoms with Crippen LogP contribution < -0.4 is 0 Å². The molecule has 3 N–H and O–H groups in total. The quantitative estimate of drug-likeness (QED) is 0.316. The van der Waals surface area contributed by atoms with Gasteiger partial charge in [-0.25, -0.2) is 0 Å². The van der Waals surface area contributed by atoms with E-state index in [-0.39, 0.29) is 10.8 Å². The molecule has 6 atom stereocenters. The molecule has 0 bridgehead atoms. The Hall–Kier alpha value is -1.36. The van der Waals surface area contributed by atoms with E-state index in [0.717, 1.165) is 32.1 Å². The lowest BCUT2D eigenvalue weighted by Gasteiger charge is -2.56. The molecule has 4 rings (SSSR count). The van der Waals surface area contributed by atoms with Gasteiger partial charge in [-0.3, -0.25) is 0 Å². The Bertz CT molecular complexity index is 905. The van der Waals surface area contributed by atoms with Crippen molar-refractivity contribution in [2.75, 3.05) is 0 Å². The molecule has 4 aliphatic rings. The lowest BCUT2D eigenvalue weighted by molar-refractivity contribution is -0.0508. The summed E-state index contributed by atoms with van der Waals surface area (Å²) in [6.07, 6.45) is 16.1. The van der Waals surface area contributed by atoms with Crippen LogP contribution in [0.15, 0.2) is 47.3 Å². The fourth-order valence-corrected chi connectivity index (χ4v) is 7.66. The van der Waals surface area contributed by atoms with Gasteiger partial charge in [-0.15, -0.1) is 0 Å². The van der Waals surface area contributed by atoms with Crippen molar-refractivity contribution in [3.8, 4) is 0 Å². The Morgan fingerprint density at radius 3 is 2.50 bits per heavy atom. The lowest BCUT2D eigenvalue weighted by Crippen LogP contribution is -2.52. The van der Waals surface area contributed by atoms with E-state index in [1.807, 2.05) is 19.9 Å². The monoisotopic (exact) mass is 470 g/mol. The van der Waals surface area contributed by atoms with Crippen molar-refractivity contribution in [1.82, 2.24) is 0 Å². The molecule has 2 saturated carbocycles. The van der Waals surface area contributed by atoms with Gasteiger partial charge in [-0.05, 0) is 87.7 Å². The van der Waals surface area contributed by atoms with Crippen molar-refractivity contribution >= 4 is 0 Å². The average Bonchev–Trinajstić information content (AvgIpc) is 3.16. The van der Waals surface area contributed by atoms with E-state index in [4.69, 9.17) is 4.74 Å². The second-order valence-corrected chi connectivity index (χ2v) is 12.3. The molecule has 2 fully saturated rings. The van der Waals surface area contributed by atoms with Gasteiger partial charge in [0.05, 0.1) is 24.1 Å². The Morgan fingerprint density at radius 1 is 1.12 bits per heavy atom. The van der Waals surface area contributed by atoms with E-state index in [1.165, 1.54) is 16.7 Å². The predicted octanol–water partition coefficient (Wildman–Crippen LogP) is 5.99. The number of hydrogen-bond donors (Lipinski definition) is 3. The topological polar surface area (TPSA) is 69.9 Å². The van der Waals surface area contributed by atoms with Gasteiger partial charge in [0, 0.05) is 11.8 Å². The number of hydrogen-bond acceptors (Lipinski definition) is 4. The molecule has 0 aromatic carbocycles. The highest BCUT2D eigenvalue weighted by Gasteiger charge is 2.58. The number of ether oxygens (including phenoxy) is 1. The molecule has 0 radical (unpaired) electrons. The number of fused-ring (bicyclic) bond motifs is 5. The summed E-state index contributed by atoms with van der Waals surface area (Å²) in [6, 6.07) is 0. The van der Waals surface area contributed by atoms with Crippen LogP contribution in [0.4, 0.5) is 0 Å². The third-order valence-corrected chi connectivity index (χ3v) is 10.2. The third-order valence-electron chi connectivity index (χ3n) is 10.2. The van der Waals surface area contributed by atoms with Crippen LogP contribution in [0, 0.1) is 22.7 Å². The molecule has 0 heterocycles. The van der Waals surface area contributed by atoms with Gasteiger partial charge in [0.25, 0.3) is 0 Å². The van der Waals surface area contributed by atoms with Crippen LogP contribution in [0.2, 0.25) is 0 Å². The molecule has 4 heteroatoms. The average molecular weight is 471 g/mol. The molecule has 0 unspecified atom stereocenters. The highest BCUT2D eigenvalue weighted by Crippen LogP contribution is 2.64. The van der Waals surface area contributed by atoms with Crippen LogP contribution in [0.5, 0.6) is 0 Å². The molecule has 34 heavy (non-hydrogen) atoms. The molecule has 0 amide bonds. The van der Waals surface area contributed by atoms with E-state index >= 15 is 0 Å². The van der Waals surface area contributed by atoms with E-state index < -0.39 is 23.4 Å². The molecule has 0 spiro atoms. The van der Waals surface area contributed by atoms with Crippen LogP contribution >= 0.6 is 0 Å². The largest absolute Gasteiger partial charge is 0.491 e. The highest BCUT2D eigenvalue weighted by molar-refractivity contribution is 5.44. The van der Waals surface area contributed by atoms with Crippen molar-refractivity contribution in [3.63, 3.8) is 0 Å². The molecular formula is C30H46O4. The normalized spacial score (nSPS) is 38.0. The smallest absolute Gasteiger partial charge is 0.124 e. The van der Waals surface area contributed by atoms with Crippen molar-refractivity contribution in [2.24, 2.45) is 22.7 Å². The molecule has 0 aromatic heterocycles. The van der Waals surface area contributed by atoms with Crippen molar-refractivity contribution in [2.45, 2.75) is 116 Å². The summed E-state index contributed by atoms with van der Waals surface area (Å²) in [4.78, 5) is 0. The summed E-state index contributed by atoms with van der Waals surface area (Å²) in [5.41, 5.74) is 2.76. The van der Waals surface area contributed by atoms with Crippen LogP contribution in [0.25, 0.3) is 0 Å². The minimum Gasteiger partial charge on any atom is -0.491 e. The summed E-state index contributed by atoms with van der Waals surface area (Å²) < 4.78 is 6.32. The third kappa shape index (κ3) is 4.04. The number of rotatable bonds is 7. The second kappa shape index (κ2) is 8.94. The number of aliphatic hydroxyl groups excluding tert-OH is 2. The Labute approximate surface area is 206 Å². The molecule has 0 saturated heterocycles. The highest BCUT2D eigenvalue weighted by atomic mass is 16.5. The predicted molar refractivity (Wildman–Crippen MR) is 137 cm³/mol. The second-order valence-electron chi connectivity index (χ2n) is 12.3. The molecular weight excluding hydrogens is 424 g/mol. The Morgan fingerprint density at radius 2 is 1.82 bits per heavy atom. The van der Waals surface area contributed by atoms with Gasteiger partial charge in [0.2, 0.25) is 0 Å². The van der Waals surface area contributed by atoms with Crippen molar-refractivity contribution in [3.05, 3.63) is 47.3 Å². The summed E-state index contributed by atoms with van der Waals surface area (Å²) >= 11 is 0. The first-order valence-corrected chi connectivity index (χ1v) is 13.4. The van der Waals surface area contributed by atoms with E-state index in [0.29, 0.717) is 31.1 Å². The van der Waals surface area contributed by atoms with Crippen LogP contribution in [0.3, 0.4) is 0 Å². The summed E-state index contributed by atoms with van der Waals surface area (Å²) in [5.74, 6) is 0.762. The number of aliphatic hydroxyl groups is 3. The van der Waals surface area contributed by atoms with Gasteiger partial charge in [0.15, 0.2) is 0 Å². The number of allylic oxidation sites excluding steroid dienone is 4. The molecule has 190 valence electrons.